The first kappa shape index (κ1) is 32.3. The highest BCUT2D eigenvalue weighted by atomic mass is 31.2. The minimum atomic E-state index is -4.44. The molecule has 1 fully saturated rings. The summed E-state index contributed by atoms with van der Waals surface area (Å²) in [5.41, 5.74) is 4.08. The summed E-state index contributed by atoms with van der Waals surface area (Å²) < 4.78 is 37.9. The molecule has 15 heteroatoms. The molecule has 1 saturated carbocycles. The second kappa shape index (κ2) is 14.3. The summed E-state index contributed by atoms with van der Waals surface area (Å²) in [6.45, 7) is 0.878. The van der Waals surface area contributed by atoms with Crippen LogP contribution in [0.5, 0.6) is 5.75 Å². The Balaban J connectivity index is 1.57. The summed E-state index contributed by atoms with van der Waals surface area (Å²) in [6.07, 6.45) is 2.00. The van der Waals surface area contributed by atoms with Gasteiger partial charge in [0.05, 0.1) is 5.69 Å². The van der Waals surface area contributed by atoms with Gasteiger partial charge in [-0.25, -0.2) is 14.1 Å². The molecular formula is C28H37N6O8P. The van der Waals surface area contributed by atoms with Gasteiger partial charge in [0.1, 0.15) is 54.6 Å². The van der Waals surface area contributed by atoms with Crippen LogP contribution in [-0.2, 0) is 23.4 Å². The molecule has 3 aromatic rings. The fourth-order valence-electron chi connectivity index (χ4n) is 4.84. The number of nitrogens with two attached hydrogens (primary N) is 1. The molecule has 1 aliphatic rings. The molecule has 0 radical (unpaired) electrons. The molecule has 4 rings (SSSR count). The third-order valence-electron chi connectivity index (χ3n) is 7.40. The Kier molecular flexibility index (Phi) is 10.7. The summed E-state index contributed by atoms with van der Waals surface area (Å²) >= 11 is 0. The van der Waals surface area contributed by atoms with Crippen molar-refractivity contribution in [2.24, 2.45) is 0 Å². The summed E-state index contributed by atoms with van der Waals surface area (Å²) in [5, 5.41) is 39.2. The molecule has 5 atom stereocenters. The van der Waals surface area contributed by atoms with Crippen LogP contribution < -0.4 is 15.3 Å². The number of aliphatic hydroxyl groups is 2. The summed E-state index contributed by atoms with van der Waals surface area (Å²) in [6, 6.07) is 11.9. The van der Waals surface area contributed by atoms with Gasteiger partial charge in [0.2, 0.25) is 5.60 Å². The van der Waals surface area contributed by atoms with Gasteiger partial charge in [0, 0.05) is 7.11 Å². The predicted octanol–water partition coefficient (Wildman–Crippen LogP) is 3.06. The van der Waals surface area contributed by atoms with Crippen molar-refractivity contribution in [3.8, 4) is 11.8 Å². The van der Waals surface area contributed by atoms with Crippen LogP contribution in [-0.4, -0.2) is 68.3 Å². The molecule has 0 bridgehead atoms. The predicted molar refractivity (Wildman–Crippen MR) is 155 cm³/mol. The maximum Gasteiger partial charge on any atom is 0.459 e. The number of aromatic nitrogens is 3. The van der Waals surface area contributed by atoms with Gasteiger partial charge in [-0.15, -0.1) is 0 Å². The SMILES string of the molecule is CC[C@H](NP(=O)(OCC(C#N)(OC)[C@@H](O)[C@@H](O)c1ccc2c(N)ncnn12)Oc1ccccc1)C(=O)OC1CCCCC1. The van der Waals surface area contributed by atoms with Crippen molar-refractivity contribution >= 4 is 25.1 Å². The minimum absolute atomic E-state index is 0.0895. The molecule has 5 N–H and O–H groups in total. The number of nitrogens with zero attached hydrogens (tertiary/aromatic N) is 4. The highest BCUT2D eigenvalue weighted by molar-refractivity contribution is 7.52. The Bertz CT molecular complexity index is 1460. The normalized spacial score (nSPS) is 19.0. The number of nitrogen functional groups attached to an aromatic ring is 1. The number of esters is 1. The Morgan fingerprint density at radius 1 is 1.23 bits per heavy atom. The third-order valence-corrected chi connectivity index (χ3v) is 8.95. The van der Waals surface area contributed by atoms with E-state index in [4.69, 9.17) is 24.3 Å². The number of aliphatic hydroxyl groups excluding tert-OH is 2. The zero-order chi connectivity index (χ0) is 31.0. The highest BCUT2D eigenvalue weighted by Crippen LogP contribution is 2.46. The van der Waals surface area contributed by atoms with Crippen molar-refractivity contribution in [1.82, 2.24) is 19.7 Å². The van der Waals surface area contributed by atoms with Gasteiger partial charge in [-0.1, -0.05) is 31.5 Å². The second-order valence-corrected chi connectivity index (χ2v) is 12.0. The van der Waals surface area contributed by atoms with Crippen molar-refractivity contribution < 1.29 is 38.1 Å². The van der Waals surface area contributed by atoms with E-state index in [1.165, 1.54) is 29.0 Å². The van der Waals surface area contributed by atoms with E-state index < -0.39 is 44.2 Å². The van der Waals surface area contributed by atoms with Gasteiger partial charge in [-0.05, 0) is 56.4 Å². The molecule has 43 heavy (non-hydrogen) atoms. The van der Waals surface area contributed by atoms with Crippen LogP contribution in [0.25, 0.3) is 5.52 Å². The van der Waals surface area contributed by atoms with Crippen LogP contribution in [0.4, 0.5) is 5.82 Å². The molecule has 0 spiro atoms. The summed E-state index contributed by atoms with van der Waals surface area (Å²) in [4.78, 5) is 16.9. The third kappa shape index (κ3) is 7.51. The number of nitriles is 1. The summed E-state index contributed by atoms with van der Waals surface area (Å²) in [5.74, 6) is -0.307. The molecular weight excluding hydrogens is 579 g/mol. The summed E-state index contributed by atoms with van der Waals surface area (Å²) in [7, 11) is -3.31. The van der Waals surface area contributed by atoms with Gasteiger partial charge in [0.25, 0.3) is 0 Å². The van der Waals surface area contributed by atoms with Crippen molar-refractivity contribution in [3.05, 3.63) is 54.5 Å². The number of para-hydroxylation sites is 1. The zero-order valence-corrected chi connectivity index (χ0v) is 24.9. The van der Waals surface area contributed by atoms with Gasteiger partial charge in [-0.2, -0.15) is 15.4 Å². The van der Waals surface area contributed by atoms with Crippen LogP contribution in [0, 0.1) is 11.3 Å². The fraction of sp³-hybridized carbons (Fsp3) is 0.500. The largest absolute Gasteiger partial charge is 0.461 e. The average Bonchev–Trinajstić information content (AvgIpc) is 3.46. The maximum absolute atomic E-state index is 14.2. The fourth-order valence-corrected chi connectivity index (χ4v) is 6.46. The topological polar surface area (TPSA) is 204 Å². The van der Waals surface area contributed by atoms with E-state index in [0.29, 0.717) is 5.52 Å². The lowest BCUT2D eigenvalue weighted by Gasteiger charge is -2.34. The molecule has 2 unspecified atom stereocenters. The second-order valence-electron chi connectivity index (χ2n) is 10.3. The number of carbonyl (C=O) groups is 1. The lowest BCUT2D eigenvalue weighted by molar-refractivity contribution is -0.152. The van der Waals surface area contributed by atoms with Gasteiger partial charge in [0.15, 0.2) is 5.82 Å². The molecule has 0 saturated heterocycles. The van der Waals surface area contributed by atoms with E-state index in [1.807, 2.05) is 6.07 Å². The zero-order valence-electron chi connectivity index (χ0n) is 24.0. The van der Waals surface area contributed by atoms with E-state index in [0.717, 1.165) is 39.2 Å². The maximum atomic E-state index is 14.2. The number of hydrogen-bond acceptors (Lipinski definition) is 12. The van der Waals surface area contributed by atoms with E-state index in [9.17, 15) is 24.8 Å². The molecule has 1 aliphatic carbocycles. The first-order valence-corrected chi connectivity index (χ1v) is 15.6. The number of ether oxygens (including phenoxy) is 2. The van der Waals surface area contributed by atoms with E-state index in [1.54, 1.807) is 31.2 Å². The Morgan fingerprint density at radius 2 is 1.95 bits per heavy atom. The van der Waals surface area contributed by atoms with Gasteiger partial charge >= 0.3 is 13.7 Å². The van der Waals surface area contributed by atoms with Crippen LogP contribution in [0.1, 0.15) is 57.2 Å². The van der Waals surface area contributed by atoms with E-state index in [2.05, 4.69) is 15.2 Å². The van der Waals surface area contributed by atoms with E-state index >= 15 is 0 Å². The monoisotopic (exact) mass is 616 g/mol. The number of nitrogens with one attached hydrogen (secondary N) is 1. The number of hydrogen-bond donors (Lipinski definition) is 4. The number of methoxy groups -OCH3 is 1. The molecule has 0 aliphatic heterocycles. The van der Waals surface area contributed by atoms with Crippen molar-refractivity contribution in [2.45, 2.75) is 75.4 Å². The number of fused-ring (bicyclic) bond motifs is 1. The quantitative estimate of drug-likeness (QED) is 0.152. The lowest BCUT2D eigenvalue weighted by atomic mass is 9.93. The molecule has 2 heterocycles. The smallest absolute Gasteiger partial charge is 0.459 e. The Morgan fingerprint density at radius 3 is 2.60 bits per heavy atom. The van der Waals surface area contributed by atoms with Crippen LogP contribution in [0.2, 0.25) is 0 Å². The van der Waals surface area contributed by atoms with Crippen molar-refractivity contribution in [2.75, 3.05) is 19.5 Å². The molecule has 14 nitrogen and oxygen atoms in total. The Labute approximate surface area is 249 Å². The molecule has 0 amide bonds. The lowest BCUT2D eigenvalue weighted by Crippen LogP contribution is -2.50. The minimum Gasteiger partial charge on any atom is -0.461 e. The Hall–Kier alpha value is -3.57. The van der Waals surface area contributed by atoms with Crippen LogP contribution >= 0.6 is 7.75 Å². The first-order chi connectivity index (χ1) is 20.6. The van der Waals surface area contributed by atoms with Crippen molar-refractivity contribution in [3.63, 3.8) is 0 Å². The van der Waals surface area contributed by atoms with Crippen LogP contribution in [0.15, 0.2) is 48.8 Å². The standard InChI is InChI=1S/C28H37N6O8P/c1-3-21(27(37)41-19-10-6-4-7-11-19)33-43(38,42-20-12-8-5-9-13-20)40-17-28(16-29,39-2)25(36)24(35)22-14-15-23-26(30)31-18-32-34(22)23/h5,8-9,12-15,18-19,21,24-25,35-36H,3-4,6-7,10-11,17H2,1-2H3,(H,33,38)(H2,30,31,32)/t21-,24-,25-,28?,43?/m0/s1. The molecule has 1 aromatic carbocycles. The van der Waals surface area contributed by atoms with Gasteiger partial charge in [-0.3, -0.25) is 9.32 Å². The highest BCUT2D eigenvalue weighted by Gasteiger charge is 2.47. The first-order valence-electron chi connectivity index (χ1n) is 14.0. The van der Waals surface area contributed by atoms with Gasteiger partial charge < -0.3 is 29.9 Å². The van der Waals surface area contributed by atoms with E-state index in [-0.39, 0.29) is 29.8 Å². The molecule has 2 aromatic heterocycles. The number of benzene rings is 1. The molecule has 232 valence electrons. The number of carbonyl (C=O) groups excluding carboxylic acids is 1. The number of rotatable bonds is 14. The van der Waals surface area contributed by atoms with Crippen molar-refractivity contribution in [1.29, 1.82) is 5.26 Å². The number of anilines is 1. The average molecular weight is 617 g/mol. The van der Waals surface area contributed by atoms with Crippen LogP contribution in [0.3, 0.4) is 0 Å².